The molecule has 1 aliphatic heterocycles. The quantitative estimate of drug-likeness (QED) is 0.673. The number of nitrogens with zero attached hydrogens (tertiary/aromatic N) is 3. The van der Waals surface area contributed by atoms with Crippen molar-refractivity contribution in [3.8, 4) is 0 Å². The molecular formula is C22H21F2N3O. The molecule has 144 valence electrons. The summed E-state index contributed by atoms with van der Waals surface area (Å²) in [6, 6.07) is 11.1. The Kier molecular flexibility index (Phi) is 5.28. The summed E-state index contributed by atoms with van der Waals surface area (Å²) < 4.78 is 26.9. The first-order valence-electron chi connectivity index (χ1n) is 9.55. The van der Waals surface area contributed by atoms with Gasteiger partial charge in [0, 0.05) is 30.7 Å². The largest absolute Gasteiger partial charge is 0.337 e. The molecule has 28 heavy (non-hydrogen) atoms. The second-order valence-electron chi connectivity index (χ2n) is 7.28. The first kappa shape index (κ1) is 18.5. The molecule has 4 nitrogen and oxygen atoms in total. The Morgan fingerprint density at radius 2 is 2.07 bits per heavy atom. The topological polar surface area (TPSA) is 46.1 Å². The van der Waals surface area contributed by atoms with Crippen LogP contribution in [0.25, 0.3) is 11.0 Å². The molecule has 0 saturated carbocycles. The van der Waals surface area contributed by atoms with Gasteiger partial charge in [-0.05, 0) is 67.5 Å². The van der Waals surface area contributed by atoms with Gasteiger partial charge in [0.05, 0.1) is 0 Å². The molecule has 1 atom stereocenters. The summed E-state index contributed by atoms with van der Waals surface area (Å²) in [5.41, 5.74) is 1.48. The lowest BCUT2D eigenvalue weighted by Gasteiger charge is -2.32. The van der Waals surface area contributed by atoms with E-state index in [0.29, 0.717) is 42.3 Å². The van der Waals surface area contributed by atoms with Crippen LogP contribution in [0.15, 0.2) is 48.7 Å². The van der Waals surface area contributed by atoms with Crippen LogP contribution in [-0.2, 0) is 6.42 Å². The van der Waals surface area contributed by atoms with Gasteiger partial charge in [-0.15, -0.1) is 0 Å². The van der Waals surface area contributed by atoms with Crippen molar-refractivity contribution in [2.45, 2.75) is 25.7 Å². The highest BCUT2D eigenvalue weighted by molar-refractivity contribution is 5.94. The summed E-state index contributed by atoms with van der Waals surface area (Å²) in [6.45, 7) is 1.33. The number of piperidine rings is 1. The molecule has 3 heterocycles. The highest BCUT2D eigenvalue weighted by Crippen LogP contribution is 2.24. The van der Waals surface area contributed by atoms with Gasteiger partial charge >= 0.3 is 0 Å². The van der Waals surface area contributed by atoms with Gasteiger partial charge in [-0.25, -0.2) is 18.7 Å². The van der Waals surface area contributed by atoms with Gasteiger partial charge < -0.3 is 4.90 Å². The Bertz CT molecular complexity index is 1010. The molecular weight excluding hydrogens is 360 g/mol. The number of rotatable bonds is 4. The average Bonchev–Trinajstić information content (AvgIpc) is 2.72. The zero-order valence-corrected chi connectivity index (χ0v) is 15.4. The number of halogens is 2. The molecule has 1 aromatic carbocycles. The van der Waals surface area contributed by atoms with E-state index in [1.807, 2.05) is 23.1 Å². The number of likely N-dealkylation sites (tertiary alicyclic amines) is 1. The molecule has 0 spiro atoms. The minimum Gasteiger partial charge on any atom is -0.337 e. The van der Waals surface area contributed by atoms with Crippen molar-refractivity contribution >= 4 is 16.9 Å². The van der Waals surface area contributed by atoms with E-state index in [9.17, 15) is 13.6 Å². The van der Waals surface area contributed by atoms with Gasteiger partial charge in [0.1, 0.15) is 17.3 Å². The van der Waals surface area contributed by atoms with Gasteiger partial charge in [0.2, 0.25) is 0 Å². The molecule has 0 radical (unpaired) electrons. The molecule has 2 aromatic heterocycles. The van der Waals surface area contributed by atoms with E-state index in [1.54, 1.807) is 12.3 Å². The van der Waals surface area contributed by atoms with Crippen LogP contribution in [0.3, 0.4) is 0 Å². The molecule has 3 aromatic rings. The molecule has 4 rings (SSSR count). The van der Waals surface area contributed by atoms with Crippen molar-refractivity contribution in [3.05, 3.63) is 71.6 Å². The summed E-state index contributed by atoms with van der Waals surface area (Å²) in [6.07, 6.45) is 4.87. The first-order chi connectivity index (χ1) is 13.6. The Labute approximate surface area is 162 Å². The Morgan fingerprint density at radius 1 is 1.18 bits per heavy atom. The van der Waals surface area contributed by atoms with Crippen LogP contribution in [-0.4, -0.2) is 33.9 Å². The summed E-state index contributed by atoms with van der Waals surface area (Å²) in [5.74, 6) is -0.865. The summed E-state index contributed by atoms with van der Waals surface area (Å²) in [5, 5.41) is 0.900. The van der Waals surface area contributed by atoms with E-state index in [-0.39, 0.29) is 5.91 Å². The van der Waals surface area contributed by atoms with E-state index >= 15 is 0 Å². The number of carbonyl (C=O) groups excluding carboxylic acids is 1. The first-order valence-corrected chi connectivity index (χ1v) is 9.55. The zero-order chi connectivity index (χ0) is 19.5. The fourth-order valence-electron chi connectivity index (χ4n) is 3.80. The third-order valence-corrected chi connectivity index (χ3v) is 5.33. The molecule has 0 N–H and O–H groups in total. The highest BCUT2D eigenvalue weighted by atomic mass is 19.1. The van der Waals surface area contributed by atoms with Crippen LogP contribution in [0, 0.1) is 17.6 Å². The fourth-order valence-corrected chi connectivity index (χ4v) is 3.80. The van der Waals surface area contributed by atoms with Crippen LogP contribution in [0.5, 0.6) is 0 Å². The molecule has 1 amide bonds. The maximum absolute atomic E-state index is 13.8. The molecule has 1 aliphatic rings. The van der Waals surface area contributed by atoms with E-state index in [0.717, 1.165) is 30.7 Å². The number of aryl methyl sites for hydroxylation is 1. The van der Waals surface area contributed by atoms with Crippen LogP contribution >= 0.6 is 0 Å². The number of carbonyl (C=O) groups is 1. The van der Waals surface area contributed by atoms with Gasteiger partial charge in [-0.3, -0.25) is 4.79 Å². The second-order valence-corrected chi connectivity index (χ2v) is 7.28. The van der Waals surface area contributed by atoms with Gasteiger partial charge in [0.15, 0.2) is 5.65 Å². The number of benzene rings is 1. The number of amides is 1. The molecule has 0 unspecified atom stereocenters. The van der Waals surface area contributed by atoms with E-state index < -0.39 is 11.6 Å². The van der Waals surface area contributed by atoms with E-state index in [4.69, 9.17) is 0 Å². The van der Waals surface area contributed by atoms with Crippen molar-refractivity contribution < 1.29 is 13.6 Å². The van der Waals surface area contributed by atoms with Gasteiger partial charge in [0.25, 0.3) is 5.91 Å². The molecule has 6 heteroatoms. The highest BCUT2D eigenvalue weighted by Gasteiger charge is 2.25. The smallest absolute Gasteiger partial charge is 0.272 e. The lowest BCUT2D eigenvalue weighted by molar-refractivity contribution is 0.0662. The van der Waals surface area contributed by atoms with Crippen LogP contribution in [0.4, 0.5) is 8.78 Å². The number of pyridine rings is 2. The summed E-state index contributed by atoms with van der Waals surface area (Å²) >= 11 is 0. The molecule has 1 saturated heterocycles. The average molecular weight is 381 g/mol. The van der Waals surface area contributed by atoms with Crippen LogP contribution < -0.4 is 0 Å². The van der Waals surface area contributed by atoms with Crippen molar-refractivity contribution in [1.82, 2.24) is 14.9 Å². The predicted octanol–water partition coefficient (Wildman–Crippen LogP) is 4.39. The monoisotopic (exact) mass is 381 g/mol. The van der Waals surface area contributed by atoms with Crippen molar-refractivity contribution in [1.29, 1.82) is 0 Å². The SMILES string of the molecule is O=C(c1ccc2cccnc2n1)N1CCC[C@H](CCc2ccc(F)cc2F)C1. The van der Waals surface area contributed by atoms with Crippen LogP contribution in [0.1, 0.15) is 35.3 Å². The third-order valence-electron chi connectivity index (χ3n) is 5.33. The summed E-state index contributed by atoms with van der Waals surface area (Å²) in [4.78, 5) is 23.3. The standard InChI is InChI=1S/C22H21F2N3O/c23-18-9-7-16(19(24)13-18)6-5-15-3-2-12-27(14-15)22(28)20-10-8-17-4-1-11-25-21(17)26-20/h1,4,7-11,13,15H,2-3,5-6,12,14H2/t15-/m1/s1. The number of aromatic nitrogens is 2. The molecule has 1 fully saturated rings. The minimum absolute atomic E-state index is 0.0924. The lowest BCUT2D eigenvalue weighted by atomic mass is 9.91. The fraction of sp³-hybridized carbons (Fsp3) is 0.318. The third kappa shape index (κ3) is 4.01. The van der Waals surface area contributed by atoms with Crippen LogP contribution in [0.2, 0.25) is 0 Å². The Balaban J connectivity index is 1.41. The van der Waals surface area contributed by atoms with Crippen molar-refractivity contribution in [2.75, 3.05) is 13.1 Å². The van der Waals surface area contributed by atoms with Gasteiger partial charge in [-0.1, -0.05) is 6.07 Å². The zero-order valence-electron chi connectivity index (χ0n) is 15.4. The van der Waals surface area contributed by atoms with Crippen molar-refractivity contribution in [3.63, 3.8) is 0 Å². The van der Waals surface area contributed by atoms with Crippen molar-refractivity contribution in [2.24, 2.45) is 5.92 Å². The normalized spacial score (nSPS) is 17.1. The lowest BCUT2D eigenvalue weighted by Crippen LogP contribution is -2.40. The van der Waals surface area contributed by atoms with E-state index in [1.165, 1.54) is 12.1 Å². The molecule has 0 bridgehead atoms. The molecule has 0 aliphatic carbocycles. The maximum Gasteiger partial charge on any atom is 0.272 e. The van der Waals surface area contributed by atoms with Gasteiger partial charge in [-0.2, -0.15) is 0 Å². The second kappa shape index (κ2) is 8.00. The predicted molar refractivity (Wildman–Crippen MR) is 103 cm³/mol. The summed E-state index contributed by atoms with van der Waals surface area (Å²) in [7, 11) is 0. The Hall–Kier alpha value is -2.89. The maximum atomic E-state index is 13.8. The Morgan fingerprint density at radius 3 is 2.93 bits per heavy atom. The number of hydrogen-bond donors (Lipinski definition) is 0. The van der Waals surface area contributed by atoms with E-state index in [2.05, 4.69) is 9.97 Å². The number of hydrogen-bond acceptors (Lipinski definition) is 3. The minimum atomic E-state index is -0.562. The number of fused-ring (bicyclic) bond motifs is 1.